The van der Waals surface area contributed by atoms with Crippen molar-refractivity contribution in [1.82, 2.24) is 14.8 Å². The summed E-state index contributed by atoms with van der Waals surface area (Å²) in [4.78, 5) is 3.82. The second-order valence-corrected chi connectivity index (χ2v) is 3.41. The summed E-state index contributed by atoms with van der Waals surface area (Å²) in [6.45, 7) is 0.382. The first-order valence-corrected chi connectivity index (χ1v) is 4.94. The van der Waals surface area contributed by atoms with Crippen molar-refractivity contribution in [3.63, 3.8) is 0 Å². The molecule has 5 nitrogen and oxygen atoms in total. The van der Waals surface area contributed by atoms with Crippen molar-refractivity contribution < 1.29 is 9.84 Å². The number of aliphatic hydroxyl groups excluding tert-OH is 1. The van der Waals surface area contributed by atoms with Crippen LogP contribution in [0.4, 0.5) is 0 Å². The van der Waals surface area contributed by atoms with Gasteiger partial charge in [0.1, 0.15) is 18.4 Å². The molecule has 1 aromatic heterocycles. The van der Waals surface area contributed by atoms with Crippen LogP contribution in [0.1, 0.15) is 11.7 Å². The van der Waals surface area contributed by atoms with Crippen LogP contribution in [0.25, 0.3) is 0 Å². The molecule has 1 N–H and O–H groups in total. The Labute approximate surface area is 93.3 Å². The zero-order valence-electron chi connectivity index (χ0n) is 8.95. The first-order valence-electron chi connectivity index (χ1n) is 4.94. The highest BCUT2D eigenvalue weighted by molar-refractivity contribution is 5.29. The fraction of sp³-hybridized carbons (Fsp3) is 0.273. The van der Waals surface area contributed by atoms with Crippen LogP contribution in [0.15, 0.2) is 36.9 Å². The highest BCUT2D eigenvalue weighted by atomic mass is 16.5. The Morgan fingerprint density at radius 2 is 2.38 bits per heavy atom. The van der Waals surface area contributed by atoms with Crippen LogP contribution in [0.5, 0.6) is 5.75 Å². The second-order valence-electron chi connectivity index (χ2n) is 3.41. The minimum absolute atomic E-state index is 0.382. The quantitative estimate of drug-likeness (QED) is 0.834. The van der Waals surface area contributed by atoms with E-state index in [2.05, 4.69) is 10.1 Å². The molecule has 1 aromatic carbocycles. The molecule has 0 amide bonds. The highest BCUT2D eigenvalue weighted by Crippen LogP contribution is 2.19. The molecule has 2 aromatic rings. The maximum atomic E-state index is 9.97. The first-order chi connectivity index (χ1) is 7.79. The third-order valence-electron chi connectivity index (χ3n) is 2.31. The predicted molar refractivity (Wildman–Crippen MR) is 58.0 cm³/mol. The first kappa shape index (κ1) is 10.6. The van der Waals surface area contributed by atoms with E-state index in [0.29, 0.717) is 6.54 Å². The molecule has 84 valence electrons. The molecular weight excluding hydrogens is 206 g/mol. The SMILES string of the molecule is COc1cccc(C(O)Cn2cncn2)c1. The summed E-state index contributed by atoms with van der Waals surface area (Å²) in [6, 6.07) is 7.34. The third kappa shape index (κ3) is 2.38. The normalized spacial score (nSPS) is 12.4. The van der Waals surface area contributed by atoms with Crippen LogP contribution in [0.2, 0.25) is 0 Å². The van der Waals surface area contributed by atoms with Gasteiger partial charge in [0.05, 0.1) is 19.8 Å². The molecule has 0 saturated carbocycles. The van der Waals surface area contributed by atoms with Gasteiger partial charge in [-0.2, -0.15) is 5.10 Å². The lowest BCUT2D eigenvalue weighted by Crippen LogP contribution is -2.09. The number of ether oxygens (including phenoxy) is 1. The van der Waals surface area contributed by atoms with Gasteiger partial charge >= 0.3 is 0 Å². The van der Waals surface area contributed by atoms with Crippen molar-refractivity contribution in [1.29, 1.82) is 0 Å². The Kier molecular flexibility index (Phi) is 3.16. The summed E-state index contributed by atoms with van der Waals surface area (Å²) in [5, 5.41) is 13.9. The average molecular weight is 219 g/mol. The van der Waals surface area contributed by atoms with Crippen molar-refractivity contribution in [2.24, 2.45) is 0 Å². The molecule has 0 aliphatic heterocycles. The van der Waals surface area contributed by atoms with Gasteiger partial charge in [-0.3, -0.25) is 4.68 Å². The van der Waals surface area contributed by atoms with E-state index in [0.717, 1.165) is 11.3 Å². The maximum absolute atomic E-state index is 9.97. The molecule has 0 radical (unpaired) electrons. The molecule has 0 fully saturated rings. The van der Waals surface area contributed by atoms with E-state index in [9.17, 15) is 5.11 Å². The van der Waals surface area contributed by atoms with Crippen LogP contribution >= 0.6 is 0 Å². The van der Waals surface area contributed by atoms with Crippen LogP contribution in [0.3, 0.4) is 0 Å². The highest BCUT2D eigenvalue weighted by Gasteiger charge is 2.09. The van der Waals surface area contributed by atoms with E-state index in [1.165, 1.54) is 6.33 Å². The van der Waals surface area contributed by atoms with Gasteiger partial charge in [0.25, 0.3) is 0 Å². The van der Waals surface area contributed by atoms with Gasteiger partial charge in [0.2, 0.25) is 0 Å². The maximum Gasteiger partial charge on any atom is 0.137 e. The topological polar surface area (TPSA) is 60.2 Å². The molecule has 1 unspecified atom stereocenters. The van der Waals surface area contributed by atoms with Gasteiger partial charge in [0.15, 0.2) is 0 Å². The van der Waals surface area contributed by atoms with E-state index in [1.54, 1.807) is 18.1 Å². The number of rotatable bonds is 4. The number of hydrogen-bond donors (Lipinski definition) is 1. The van der Waals surface area contributed by atoms with Gasteiger partial charge in [-0.25, -0.2) is 4.98 Å². The van der Waals surface area contributed by atoms with E-state index < -0.39 is 6.10 Å². The zero-order chi connectivity index (χ0) is 11.4. The van der Waals surface area contributed by atoms with Gasteiger partial charge in [-0.1, -0.05) is 12.1 Å². The Hall–Kier alpha value is -1.88. The van der Waals surface area contributed by atoms with Gasteiger partial charge < -0.3 is 9.84 Å². The van der Waals surface area contributed by atoms with Gasteiger partial charge in [-0.15, -0.1) is 0 Å². The molecule has 0 saturated heterocycles. The number of nitrogens with zero attached hydrogens (tertiary/aromatic N) is 3. The summed E-state index contributed by atoms with van der Waals surface area (Å²) in [7, 11) is 1.60. The summed E-state index contributed by atoms with van der Waals surface area (Å²) >= 11 is 0. The largest absolute Gasteiger partial charge is 0.497 e. The number of aromatic nitrogens is 3. The Morgan fingerprint density at radius 1 is 1.50 bits per heavy atom. The Balaban J connectivity index is 2.11. The number of methoxy groups -OCH3 is 1. The predicted octanol–water partition coefficient (Wildman–Crippen LogP) is 1.02. The van der Waals surface area contributed by atoms with E-state index in [4.69, 9.17) is 4.74 Å². The number of aliphatic hydroxyl groups is 1. The van der Waals surface area contributed by atoms with Crippen molar-refractivity contribution in [2.75, 3.05) is 7.11 Å². The summed E-state index contributed by atoms with van der Waals surface area (Å²) in [6.07, 6.45) is 2.40. The minimum Gasteiger partial charge on any atom is -0.497 e. The summed E-state index contributed by atoms with van der Waals surface area (Å²) in [5.74, 6) is 0.732. The lowest BCUT2D eigenvalue weighted by atomic mass is 10.1. The Morgan fingerprint density at radius 3 is 3.06 bits per heavy atom. The van der Waals surface area contributed by atoms with E-state index >= 15 is 0 Å². The molecule has 0 bridgehead atoms. The lowest BCUT2D eigenvalue weighted by Gasteiger charge is -2.11. The molecule has 5 heteroatoms. The molecule has 0 spiro atoms. The second kappa shape index (κ2) is 4.76. The molecule has 2 rings (SSSR count). The van der Waals surface area contributed by atoms with Crippen molar-refractivity contribution in [2.45, 2.75) is 12.6 Å². The summed E-state index contributed by atoms with van der Waals surface area (Å²) in [5.41, 5.74) is 0.801. The van der Waals surface area contributed by atoms with Gasteiger partial charge in [0, 0.05) is 0 Å². The number of benzene rings is 1. The minimum atomic E-state index is -0.614. The number of hydrogen-bond acceptors (Lipinski definition) is 4. The van der Waals surface area contributed by atoms with Crippen molar-refractivity contribution >= 4 is 0 Å². The monoisotopic (exact) mass is 219 g/mol. The average Bonchev–Trinajstić information content (AvgIpc) is 2.82. The zero-order valence-corrected chi connectivity index (χ0v) is 8.95. The Bertz CT molecular complexity index is 442. The molecular formula is C11H13N3O2. The molecule has 1 heterocycles. The molecule has 1 atom stereocenters. The smallest absolute Gasteiger partial charge is 0.137 e. The van der Waals surface area contributed by atoms with E-state index in [-0.39, 0.29) is 0 Å². The lowest BCUT2D eigenvalue weighted by molar-refractivity contribution is 0.151. The summed E-state index contributed by atoms with van der Waals surface area (Å²) < 4.78 is 6.68. The van der Waals surface area contributed by atoms with E-state index in [1.807, 2.05) is 24.3 Å². The van der Waals surface area contributed by atoms with Crippen LogP contribution in [-0.4, -0.2) is 27.0 Å². The van der Waals surface area contributed by atoms with Crippen LogP contribution in [0, 0.1) is 0 Å². The standard InChI is InChI=1S/C11H13N3O2/c1-16-10-4-2-3-9(5-10)11(15)6-14-8-12-7-13-14/h2-5,7-8,11,15H,6H2,1H3. The van der Waals surface area contributed by atoms with Crippen LogP contribution < -0.4 is 4.74 Å². The third-order valence-corrected chi connectivity index (χ3v) is 2.31. The molecule has 0 aliphatic rings. The van der Waals surface area contributed by atoms with Crippen molar-refractivity contribution in [3.8, 4) is 5.75 Å². The molecule has 16 heavy (non-hydrogen) atoms. The van der Waals surface area contributed by atoms with Gasteiger partial charge in [-0.05, 0) is 17.7 Å². The van der Waals surface area contributed by atoms with Crippen LogP contribution in [-0.2, 0) is 6.54 Å². The van der Waals surface area contributed by atoms with Crippen molar-refractivity contribution in [3.05, 3.63) is 42.5 Å². The fourth-order valence-corrected chi connectivity index (χ4v) is 1.46. The fourth-order valence-electron chi connectivity index (χ4n) is 1.46. The molecule has 0 aliphatic carbocycles.